The Morgan fingerprint density at radius 2 is 1.33 bits per heavy atom. The van der Waals surface area contributed by atoms with Crippen molar-refractivity contribution in [2.24, 2.45) is 7.05 Å². The van der Waals surface area contributed by atoms with Gasteiger partial charge in [0.05, 0.1) is 11.4 Å². The van der Waals surface area contributed by atoms with Crippen molar-refractivity contribution in [3.63, 3.8) is 0 Å². The summed E-state index contributed by atoms with van der Waals surface area (Å²) in [6, 6.07) is 17.0. The lowest BCUT2D eigenvalue weighted by atomic mass is 9.96. The van der Waals surface area contributed by atoms with E-state index in [2.05, 4.69) is 36.5 Å². The van der Waals surface area contributed by atoms with Crippen molar-refractivity contribution in [1.29, 1.82) is 0 Å². The van der Waals surface area contributed by atoms with Crippen LogP contribution in [0, 0.1) is 0 Å². The number of nitrogens with one attached hydrogen (secondary N) is 2. The SMILES string of the molecule is Cn1cc(-c2cc3c(c(OCc4cccnc4)c2)NC(=O)CC3)cc(Cl)c1=O.O=C1CCc2cc(Br)cc(OCc3cccnc3)c2N1. The van der Waals surface area contributed by atoms with Gasteiger partial charge in [0.25, 0.3) is 5.56 Å². The number of carbonyl (C=O) groups is 2. The maximum Gasteiger partial charge on any atom is 0.269 e. The van der Waals surface area contributed by atoms with Crippen LogP contribution in [0.25, 0.3) is 11.1 Å². The summed E-state index contributed by atoms with van der Waals surface area (Å²) in [6.45, 7) is 0.750. The van der Waals surface area contributed by atoms with Crippen LogP contribution in [0.4, 0.5) is 11.4 Å². The van der Waals surface area contributed by atoms with Crippen LogP contribution in [0.5, 0.6) is 11.5 Å². The van der Waals surface area contributed by atoms with Gasteiger partial charge in [-0.25, -0.2) is 0 Å². The quantitative estimate of drug-likeness (QED) is 0.187. The molecule has 0 saturated heterocycles. The molecule has 0 radical (unpaired) electrons. The van der Waals surface area contributed by atoms with E-state index in [-0.39, 0.29) is 22.4 Å². The lowest BCUT2D eigenvalue weighted by Crippen LogP contribution is -2.20. The van der Waals surface area contributed by atoms with Gasteiger partial charge >= 0.3 is 0 Å². The number of pyridine rings is 3. The van der Waals surface area contributed by atoms with Crippen molar-refractivity contribution in [3.05, 3.63) is 128 Å². The standard InChI is InChI=1S/C21H18ClN3O3.C15H13BrN2O2/c1-25-11-16(8-17(22)21(25)27)15-7-14-4-5-19(26)24-20(14)18(9-15)28-12-13-3-2-6-23-10-13;16-12-6-11-3-4-14(19)18-15(11)13(7-12)20-9-10-2-1-5-17-8-10/h2-3,6-11H,4-5,12H2,1H3,(H,24,26);1-2,5-8H,3-4,9H2,(H,18,19). The molecule has 5 aromatic rings. The minimum absolute atomic E-state index is 0.0309. The first-order valence-corrected chi connectivity index (χ1v) is 16.4. The molecule has 2 amide bonds. The lowest BCUT2D eigenvalue weighted by molar-refractivity contribution is -0.117. The van der Waals surface area contributed by atoms with Crippen LogP contribution in [-0.4, -0.2) is 26.3 Å². The first-order chi connectivity index (χ1) is 23.2. The zero-order chi connectivity index (χ0) is 33.6. The van der Waals surface area contributed by atoms with Gasteiger partial charge in [-0.1, -0.05) is 39.7 Å². The largest absolute Gasteiger partial charge is 0.487 e. The molecule has 7 rings (SSSR count). The first-order valence-electron chi connectivity index (χ1n) is 15.2. The number of halogens is 2. The van der Waals surface area contributed by atoms with E-state index >= 15 is 0 Å². The number of aryl methyl sites for hydroxylation is 3. The molecule has 0 atom stereocenters. The second-order valence-electron chi connectivity index (χ2n) is 11.3. The summed E-state index contributed by atoms with van der Waals surface area (Å²) in [7, 11) is 1.66. The number of hydrogen-bond donors (Lipinski definition) is 2. The smallest absolute Gasteiger partial charge is 0.269 e. The molecule has 10 nitrogen and oxygen atoms in total. The van der Waals surface area contributed by atoms with E-state index in [4.69, 9.17) is 21.1 Å². The number of carbonyl (C=O) groups excluding carboxylic acids is 2. The molecule has 2 aliphatic rings. The molecule has 0 spiro atoms. The van der Waals surface area contributed by atoms with Crippen molar-refractivity contribution >= 4 is 50.7 Å². The molecule has 12 heteroatoms. The van der Waals surface area contributed by atoms with E-state index in [0.29, 0.717) is 49.7 Å². The summed E-state index contributed by atoms with van der Waals surface area (Å²) in [6.07, 6.45) is 11.0. The van der Waals surface area contributed by atoms with E-state index in [9.17, 15) is 14.4 Å². The Labute approximate surface area is 290 Å². The molecular weight excluding hydrogens is 698 g/mol. The van der Waals surface area contributed by atoms with Gasteiger partial charge < -0.3 is 24.7 Å². The van der Waals surface area contributed by atoms with Crippen LogP contribution >= 0.6 is 27.5 Å². The number of ether oxygens (including phenoxy) is 2. The average molecular weight is 729 g/mol. The van der Waals surface area contributed by atoms with Crippen molar-refractivity contribution in [2.45, 2.75) is 38.9 Å². The van der Waals surface area contributed by atoms with Crippen molar-refractivity contribution in [2.75, 3.05) is 10.6 Å². The lowest BCUT2D eigenvalue weighted by Gasteiger charge is -2.22. The monoisotopic (exact) mass is 727 g/mol. The molecule has 3 aromatic heterocycles. The summed E-state index contributed by atoms with van der Waals surface area (Å²) in [5.74, 6) is 1.27. The third kappa shape index (κ3) is 7.92. The molecule has 0 fully saturated rings. The van der Waals surface area contributed by atoms with Crippen molar-refractivity contribution in [3.8, 4) is 22.6 Å². The molecular formula is C36H31BrClN5O5. The summed E-state index contributed by atoms with van der Waals surface area (Å²) >= 11 is 9.56. The second kappa shape index (κ2) is 14.8. The Morgan fingerprint density at radius 1 is 0.771 bits per heavy atom. The van der Waals surface area contributed by atoms with Crippen LogP contribution in [0.15, 0.2) is 94.8 Å². The maximum atomic E-state index is 11.9. The number of rotatable bonds is 7. The van der Waals surface area contributed by atoms with Gasteiger partial charge in [0.15, 0.2) is 0 Å². The zero-order valence-corrected chi connectivity index (χ0v) is 28.3. The van der Waals surface area contributed by atoms with Crippen molar-refractivity contribution in [1.82, 2.24) is 14.5 Å². The van der Waals surface area contributed by atoms with Gasteiger partial charge in [0.2, 0.25) is 11.8 Å². The fraction of sp³-hybridized carbons (Fsp3) is 0.194. The molecule has 0 aliphatic carbocycles. The van der Waals surface area contributed by atoms with Crippen molar-refractivity contribution < 1.29 is 19.1 Å². The average Bonchev–Trinajstić information content (AvgIpc) is 3.09. The van der Waals surface area contributed by atoms with Crippen LogP contribution in [0.1, 0.15) is 35.1 Å². The van der Waals surface area contributed by atoms with Gasteiger partial charge in [0.1, 0.15) is 29.7 Å². The first kappa shape index (κ1) is 32.9. The Hall–Kier alpha value is -5.00. The highest BCUT2D eigenvalue weighted by molar-refractivity contribution is 9.10. The van der Waals surface area contributed by atoms with Crippen LogP contribution in [0.3, 0.4) is 0 Å². The molecule has 2 aromatic carbocycles. The van der Waals surface area contributed by atoms with E-state index in [1.165, 1.54) is 4.57 Å². The molecule has 0 saturated carbocycles. The van der Waals surface area contributed by atoms with Crippen LogP contribution < -0.4 is 25.7 Å². The molecule has 0 bridgehead atoms. The predicted octanol–water partition coefficient (Wildman–Crippen LogP) is 6.87. The van der Waals surface area contributed by atoms with Gasteiger partial charge in [-0.15, -0.1) is 0 Å². The van der Waals surface area contributed by atoms with Gasteiger partial charge in [0, 0.05) is 66.5 Å². The van der Waals surface area contributed by atoms with E-state index in [1.807, 2.05) is 48.5 Å². The minimum atomic E-state index is -0.247. The maximum absolute atomic E-state index is 11.9. The molecule has 0 unspecified atom stereocenters. The summed E-state index contributed by atoms with van der Waals surface area (Å²) in [5.41, 5.74) is 6.91. The Morgan fingerprint density at radius 3 is 1.88 bits per heavy atom. The van der Waals surface area contributed by atoms with Gasteiger partial charge in [-0.05, 0) is 77.6 Å². The predicted molar refractivity (Wildman–Crippen MR) is 187 cm³/mol. The number of fused-ring (bicyclic) bond motifs is 2. The number of hydrogen-bond acceptors (Lipinski definition) is 7. The number of aromatic nitrogens is 3. The minimum Gasteiger partial charge on any atom is -0.487 e. The van der Waals surface area contributed by atoms with Gasteiger partial charge in [-0.2, -0.15) is 0 Å². The summed E-state index contributed by atoms with van der Waals surface area (Å²) < 4.78 is 14.3. The van der Waals surface area contributed by atoms with Crippen LogP contribution in [-0.2, 0) is 42.7 Å². The number of anilines is 2. The highest BCUT2D eigenvalue weighted by atomic mass is 79.9. The molecule has 244 valence electrons. The van der Waals surface area contributed by atoms with E-state index in [0.717, 1.165) is 50.0 Å². The highest BCUT2D eigenvalue weighted by Crippen LogP contribution is 2.39. The molecule has 2 N–H and O–H groups in total. The third-order valence-corrected chi connectivity index (χ3v) is 8.54. The molecule has 5 heterocycles. The normalized spacial score (nSPS) is 13.2. The number of amides is 2. The van der Waals surface area contributed by atoms with Gasteiger partial charge in [-0.3, -0.25) is 24.4 Å². The second-order valence-corrected chi connectivity index (χ2v) is 12.7. The summed E-state index contributed by atoms with van der Waals surface area (Å²) in [4.78, 5) is 43.5. The zero-order valence-electron chi connectivity index (χ0n) is 26.0. The fourth-order valence-electron chi connectivity index (χ4n) is 5.40. The summed E-state index contributed by atoms with van der Waals surface area (Å²) in [5, 5.41) is 5.96. The third-order valence-electron chi connectivity index (χ3n) is 7.81. The van der Waals surface area contributed by atoms with E-state index < -0.39 is 0 Å². The molecule has 2 aliphatic heterocycles. The van der Waals surface area contributed by atoms with E-state index in [1.54, 1.807) is 44.1 Å². The highest BCUT2D eigenvalue weighted by Gasteiger charge is 2.22. The Kier molecular flexibility index (Phi) is 10.2. The molecule has 48 heavy (non-hydrogen) atoms. The Bertz CT molecular complexity index is 2010. The topological polar surface area (TPSA) is 124 Å². The van der Waals surface area contributed by atoms with Crippen LogP contribution in [0.2, 0.25) is 5.02 Å². The number of benzene rings is 2. The Balaban J connectivity index is 0.000000177. The fourth-order valence-corrected chi connectivity index (χ4v) is 6.14. The number of nitrogens with zero attached hydrogens (tertiary/aromatic N) is 3.